The highest BCUT2D eigenvalue weighted by atomic mass is 19.1. The van der Waals surface area contributed by atoms with Gasteiger partial charge in [0.1, 0.15) is 11.6 Å². The molecular formula is C19H23FN2O2. The average molecular weight is 330 g/mol. The first kappa shape index (κ1) is 17.8. The van der Waals surface area contributed by atoms with E-state index in [4.69, 9.17) is 4.74 Å². The van der Waals surface area contributed by atoms with Gasteiger partial charge in [0.2, 0.25) is 5.91 Å². The Labute approximate surface area is 142 Å². The summed E-state index contributed by atoms with van der Waals surface area (Å²) in [5.41, 5.74) is 2.19. The molecular weight excluding hydrogens is 307 g/mol. The van der Waals surface area contributed by atoms with Crippen LogP contribution < -0.4 is 15.4 Å². The Balaban J connectivity index is 1.88. The maximum atomic E-state index is 14.0. The molecule has 2 N–H and O–H groups in total. The molecule has 0 heterocycles. The molecule has 0 bridgehead atoms. The SMILES string of the molecule is CCc1ccc(NC(=O)CNc2ccc(OC(C)C)cc2F)cc1. The standard InChI is InChI=1S/C19H23FN2O2/c1-4-14-5-7-15(8-6-14)22-19(23)12-21-18-10-9-16(11-17(18)20)24-13(2)3/h5-11,13,21H,4,12H2,1-3H3,(H,22,23). The molecule has 0 aromatic heterocycles. The van der Waals surface area contributed by atoms with E-state index in [0.717, 1.165) is 12.1 Å². The summed E-state index contributed by atoms with van der Waals surface area (Å²) in [7, 11) is 0. The molecule has 128 valence electrons. The van der Waals surface area contributed by atoms with Crippen LogP contribution >= 0.6 is 0 Å². The molecule has 2 aromatic carbocycles. The molecule has 1 amide bonds. The van der Waals surface area contributed by atoms with Gasteiger partial charge in [-0.2, -0.15) is 0 Å². The molecule has 0 radical (unpaired) electrons. The molecule has 0 saturated heterocycles. The van der Waals surface area contributed by atoms with Crippen molar-refractivity contribution in [2.75, 3.05) is 17.2 Å². The van der Waals surface area contributed by atoms with Crippen molar-refractivity contribution in [1.29, 1.82) is 0 Å². The quantitative estimate of drug-likeness (QED) is 0.799. The lowest BCUT2D eigenvalue weighted by Gasteiger charge is -2.12. The van der Waals surface area contributed by atoms with Gasteiger partial charge in [0.05, 0.1) is 18.3 Å². The van der Waals surface area contributed by atoms with Crippen LogP contribution in [0.15, 0.2) is 42.5 Å². The van der Waals surface area contributed by atoms with Crippen LogP contribution in [0.3, 0.4) is 0 Å². The van der Waals surface area contributed by atoms with Crippen LogP contribution in [-0.2, 0) is 11.2 Å². The molecule has 24 heavy (non-hydrogen) atoms. The zero-order chi connectivity index (χ0) is 17.5. The maximum absolute atomic E-state index is 14.0. The molecule has 2 rings (SSSR count). The van der Waals surface area contributed by atoms with E-state index in [-0.39, 0.29) is 24.2 Å². The summed E-state index contributed by atoms with van der Waals surface area (Å²) in [5.74, 6) is -0.220. The molecule has 0 spiro atoms. The van der Waals surface area contributed by atoms with Crippen molar-refractivity contribution in [3.63, 3.8) is 0 Å². The average Bonchev–Trinajstić information content (AvgIpc) is 2.54. The third-order valence-electron chi connectivity index (χ3n) is 3.40. The first-order valence-corrected chi connectivity index (χ1v) is 8.06. The zero-order valence-electron chi connectivity index (χ0n) is 14.2. The number of amides is 1. The van der Waals surface area contributed by atoms with Gasteiger partial charge < -0.3 is 15.4 Å². The van der Waals surface area contributed by atoms with E-state index in [1.807, 2.05) is 38.1 Å². The van der Waals surface area contributed by atoms with Gasteiger partial charge in [-0.1, -0.05) is 19.1 Å². The van der Waals surface area contributed by atoms with E-state index < -0.39 is 5.82 Å². The van der Waals surface area contributed by atoms with Crippen LogP contribution in [0.25, 0.3) is 0 Å². The first-order valence-electron chi connectivity index (χ1n) is 8.06. The van der Waals surface area contributed by atoms with Gasteiger partial charge in [-0.05, 0) is 50.1 Å². The Kier molecular flexibility index (Phi) is 6.18. The molecule has 0 atom stereocenters. The monoisotopic (exact) mass is 330 g/mol. The lowest BCUT2D eigenvalue weighted by atomic mass is 10.1. The van der Waals surface area contributed by atoms with Crippen molar-refractivity contribution in [3.05, 3.63) is 53.8 Å². The number of rotatable bonds is 7. The van der Waals surface area contributed by atoms with Crippen LogP contribution in [0.5, 0.6) is 5.75 Å². The fraction of sp³-hybridized carbons (Fsp3) is 0.316. The summed E-state index contributed by atoms with van der Waals surface area (Å²) in [5, 5.41) is 5.57. The highest BCUT2D eigenvalue weighted by Crippen LogP contribution is 2.21. The number of halogens is 1. The first-order chi connectivity index (χ1) is 11.5. The van der Waals surface area contributed by atoms with Crippen LogP contribution in [0, 0.1) is 5.82 Å². The van der Waals surface area contributed by atoms with E-state index in [1.54, 1.807) is 12.1 Å². The van der Waals surface area contributed by atoms with Crippen molar-refractivity contribution in [1.82, 2.24) is 0 Å². The largest absolute Gasteiger partial charge is 0.491 e. The number of carbonyl (C=O) groups excluding carboxylic acids is 1. The summed E-state index contributed by atoms with van der Waals surface area (Å²) in [6.45, 7) is 5.81. The molecule has 0 aliphatic heterocycles. The molecule has 4 nitrogen and oxygen atoms in total. The molecule has 0 aliphatic carbocycles. The second-order valence-electron chi connectivity index (χ2n) is 5.76. The van der Waals surface area contributed by atoms with Crippen molar-refractivity contribution in [2.24, 2.45) is 0 Å². The van der Waals surface area contributed by atoms with Crippen LogP contribution in [0.1, 0.15) is 26.3 Å². The topological polar surface area (TPSA) is 50.4 Å². The minimum Gasteiger partial charge on any atom is -0.491 e. The Bertz CT molecular complexity index is 684. The zero-order valence-corrected chi connectivity index (χ0v) is 14.2. The summed E-state index contributed by atoms with van der Waals surface area (Å²) in [4.78, 5) is 11.9. The van der Waals surface area contributed by atoms with Crippen molar-refractivity contribution in [2.45, 2.75) is 33.3 Å². The number of aryl methyl sites for hydroxylation is 1. The number of anilines is 2. The predicted molar refractivity (Wildman–Crippen MR) is 95.1 cm³/mol. The van der Waals surface area contributed by atoms with Gasteiger partial charge in [0.25, 0.3) is 0 Å². The summed E-state index contributed by atoms with van der Waals surface area (Å²) >= 11 is 0. The van der Waals surface area contributed by atoms with Crippen LogP contribution in [0.4, 0.5) is 15.8 Å². The van der Waals surface area contributed by atoms with Crippen molar-refractivity contribution in [3.8, 4) is 5.75 Å². The van der Waals surface area contributed by atoms with Gasteiger partial charge in [0.15, 0.2) is 0 Å². The maximum Gasteiger partial charge on any atom is 0.243 e. The smallest absolute Gasteiger partial charge is 0.243 e. The van der Waals surface area contributed by atoms with E-state index in [2.05, 4.69) is 17.6 Å². The van der Waals surface area contributed by atoms with Gasteiger partial charge >= 0.3 is 0 Å². The van der Waals surface area contributed by atoms with Crippen molar-refractivity contribution < 1.29 is 13.9 Å². The second kappa shape index (κ2) is 8.34. The van der Waals surface area contributed by atoms with Crippen LogP contribution in [0.2, 0.25) is 0 Å². The molecule has 0 aliphatic rings. The van der Waals surface area contributed by atoms with Gasteiger partial charge in [-0.15, -0.1) is 0 Å². The fourth-order valence-corrected chi connectivity index (χ4v) is 2.19. The third kappa shape index (κ3) is 5.26. The number of benzene rings is 2. The molecule has 0 unspecified atom stereocenters. The highest BCUT2D eigenvalue weighted by Gasteiger charge is 2.08. The number of carbonyl (C=O) groups is 1. The van der Waals surface area contributed by atoms with Crippen molar-refractivity contribution >= 4 is 17.3 Å². The van der Waals surface area contributed by atoms with Gasteiger partial charge in [0, 0.05) is 11.8 Å². The minimum atomic E-state index is -0.451. The van der Waals surface area contributed by atoms with E-state index in [9.17, 15) is 9.18 Å². The fourth-order valence-electron chi connectivity index (χ4n) is 2.19. The lowest BCUT2D eigenvalue weighted by molar-refractivity contribution is -0.114. The second-order valence-corrected chi connectivity index (χ2v) is 5.76. The molecule has 5 heteroatoms. The Hall–Kier alpha value is -2.56. The van der Waals surface area contributed by atoms with E-state index in [1.165, 1.54) is 11.6 Å². The van der Waals surface area contributed by atoms with E-state index in [0.29, 0.717) is 5.75 Å². The number of ether oxygens (including phenoxy) is 1. The molecule has 0 saturated carbocycles. The van der Waals surface area contributed by atoms with Gasteiger partial charge in [-0.3, -0.25) is 4.79 Å². The lowest BCUT2D eigenvalue weighted by Crippen LogP contribution is -2.22. The molecule has 0 fully saturated rings. The highest BCUT2D eigenvalue weighted by molar-refractivity contribution is 5.93. The third-order valence-corrected chi connectivity index (χ3v) is 3.40. The Morgan fingerprint density at radius 2 is 1.88 bits per heavy atom. The summed E-state index contributed by atoms with van der Waals surface area (Å²) in [6, 6.07) is 12.2. The molecule has 2 aromatic rings. The number of hydrogen-bond acceptors (Lipinski definition) is 3. The Morgan fingerprint density at radius 3 is 2.46 bits per heavy atom. The van der Waals surface area contributed by atoms with Crippen LogP contribution in [-0.4, -0.2) is 18.6 Å². The summed E-state index contributed by atoms with van der Waals surface area (Å²) < 4.78 is 19.4. The number of nitrogens with one attached hydrogen (secondary N) is 2. The predicted octanol–water partition coefficient (Wildman–Crippen LogP) is 4.23. The number of hydrogen-bond donors (Lipinski definition) is 2. The van der Waals surface area contributed by atoms with Gasteiger partial charge in [-0.25, -0.2) is 4.39 Å². The minimum absolute atomic E-state index is 0.0170. The summed E-state index contributed by atoms with van der Waals surface area (Å²) in [6.07, 6.45) is 0.930. The van der Waals surface area contributed by atoms with E-state index >= 15 is 0 Å². The normalized spacial score (nSPS) is 10.5. The Morgan fingerprint density at radius 1 is 1.17 bits per heavy atom.